The van der Waals surface area contributed by atoms with Gasteiger partial charge < -0.3 is 14.5 Å². The molecule has 146 valence electrons. The molecule has 0 spiro atoms. The lowest BCUT2D eigenvalue weighted by Crippen LogP contribution is -2.44. The number of aliphatic hydroxyl groups is 1. The molecule has 2 aromatic rings. The number of benzene rings is 1. The number of nitrogens with zero attached hydrogens (tertiary/aromatic N) is 3. The third-order valence-electron chi connectivity index (χ3n) is 5.69. The van der Waals surface area contributed by atoms with Crippen LogP contribution in [0.25, 0.3) is 0 Å². The molecule has 1 aromatic carbocycles. The summed E-state index contributed by atoms with van der Waals surface area (Å²) in [7, 11) is 0. The highest BCUT2D eigenvalue weighted by Crippen LogP contribution is 2.41. The van der Waals surface area contributed by atoms with Crippen molar-refractivity contribution in [2.75, 3.05) is 24.6 Å². The van der Waals surface area contributed by atoms with Gasteiger partial charge in [0.2, 0.25) is 5.89 Å². The van der Waals surface area contributed by atoms with Crippen LogP contribution in [0.3, 0.4) is 0 Å². The van der Waals surface area contributed by atoms with Crippen LogP contribution in [0.4, 0.5) is 19.1 Å². The molecule has 0 radical (unpaired) electrons. The first kappa shape index (κ1) is 18.3. The Labute approximate surface area is 155 Å². The molecule has 2 fully saturated rings. The summed E-state index contributed by atoms with van der Waals surface area (Å²) < 4.78 is 45.2. The van der Waals surface area contributed by atoms with E-state index in [1.54, 1.807) is 6.07 Å². The summed E-state index contributed by atoms with van der Waals surface area (Å²) in [4.78, 5) is 6.42. The minimum Gasteiger partial charge on any atom is -0.396 e. The highest BCUT2D eigenvalue weighted by Gasteiger charge is 2.39. The maximum absolute atomic E-state index is 13.3. The van der Waals surface area contributed by atoms with Gasteiger partial charge in [-0.1, -0.05) is 18.2 Å². The molecule has 1 saturated heterocycles. The molecule has 8 heteroatoms. The zero-order valence-electron chi connectivity index (χ0n) is 14.9. The fourth-order valence-corrected chi connectivity index (χ4v) is 3.78. The molecular weight excluding hydrogens is 359 g/mol. The number of piperidine rings is 1. The predicted octanol–water partition coefficient (Wildman–Crippen LogP) is 3.79. The first-order chi connectivity index (χ1) is 12.9. The minimum absolute atomic E-state index is 0.146. The Morgan fingerprint density at radius 2 is 1.89 bits per heavy atom. The van der Waals surface area contributed by atoms with Crippen LogP contribution in [0, 0.1) is 5.41 Å². The number of aliphatic hydroxyl groups excluding tert-OH is 1. The fraction of sp³-hybridized carbons (Fsp3) is 0.579. The van der Waals surface area contributed by atoms with Gasteiger partial charge in [-0.3, -0.25) is 0 Å². The van der Waals surface area contributed by atoms with Crippen LogP contribution in [0.1, 0.15) is 48.6 Å². The van der Waals surface area contributed by atoms with E-state index in [4.69, 9.17) is 4.52 Å². The Bertz CT molecular complexity index is 793. The average Bonchev–Trinajstić information content (AvgIpc) is 3.39. The largest absolute Gasteiger partial charge is 0.416 e. The standard InChI is InChI=1S/C19H22F3N3O2/c20-19(21,22)15-4-2-1-3-14(15)11-18(12-26)7-9-25(10-8-18)17-23-16(27-24-17)13-5-6-13/h1-4,13,26H,5-12H2. The molecule has 1 N–H and O–H groups in total. The van der Waals surface area contributed by atoms with E-state index in [9.17, 15) is 18.3 Å². The average molecular weight is 381 g/mol. The molecule has 2 aliphatic rings. The Hall–Kier alpha value is -2.09. The number of rotatable bonds is 5. The number of hydrogen-bond acceptors (Lipinski definition) is 5. The summed E-state index contributed by atoms with van der Waals surface area (Å²) in [6, 6.07) is 5.62. The summed E-state index contributed by atoms with van der Waals surface area (Å²) in [5.74, 6) is 1.59. The third-order valence-corrected chi connectivity index (χ3v) is 5.69. The number of anilines is 1. The van der Waals surface area contributed by atoms with E-state index in [1.807, 2.05) is 4.90 Å². The van der Waals surface area contributed by atoms with Gasteiger partial charge in [0.25, 0.3) is 5.95 Å². The molecule has 1 aromatic heterocycles. The molecule has 27 heavy (non-hydrogen) atoms. The van der Waals surface area contributed by atoms with Gasteiger partial charge in [0.15, 0.2) is 0 Å². The van der Waals surface area contributed by atoms with Crippen molar-refractivity contribution >= 4 is 5.95 Å². The molecule has 4 rings (SSSR count). The molecule has 0 bridgehead atoms. The summed E-state index contributed by atoms with van der Waals surface area (Å²) >= 11 is 0. The topological polar surface area (TPSA) is 62.4 Å². The first-order valence-corrected chi connectivity index (χ1v) is 9.25. The van der Waals surface area contributed by atoms with Gasteiger partial charge in [-0.25, -0.2) is 0 Å². The van der Waals surface area contributed by atoms with Crippen molar-refractivity contribution in [2.45, 2.75) is 44.2 Å². The molecule has 1 saturated carbocycles. The molecule has 2 heterocycles. The second-order valence-corrected chi connectivity index (χ2v) is 7.68. The smallest absolute Gasteiger partial charge is 0.396 e. The fourth-order valence-electron chi connectivity index (χ4n) is 3.78. The maximum atomic E-state index is 13.3. The van der Waals surface area contributed by atoms with Gasteiger partial charge in [0.1, 0.15) is 0 Å². The van der Waals surface area contributed by atoms with Gasteiger partial charge in [0.05, 0.1) is 5.56 Å². The van der Waals surface area contributed by atoms with E-state index in [-0.39, 0.29) is 18.6 Å². The number of aromatic nitrogens is 2. The van der Waals surface area contributed by atoms with Crippen molar-refractivity contribution in [3.8, 4) is 0 Å². The lowest BCUT2D eigenvalue weighted by Gasteiger charge is -2.40. The summed E-state index contributed by atoms with van der Waals surface area (Å²) in [6.07, 6.45) is -0.891. The van der Waals surface area contributed by atoms with Gasteiger partial charge in [-0.05, 0) is 48.9 Å². The molecule has 5 nitrogen and oxygen atoms in total. The zero-order chi connectivity index (χ0) is 19.1. The van der Waals surface area contributed by atoms with Gasteiger partial charge >= 0.3 is 6.18 Å². The van der Waals surface area contributed by atoms with Crippen molar-refractivity contribution < 1.29 is 22.8 Å². The molecule has 0 atom stereocenters. The van der Waals surface area contributed by atoms with E-state index < -0.39 is 17.2 Å². The van der Waals surface area contributed by atoms with Crippen LogP contribution in [-0.4, -0.2) is 34.9 Å². The maximum Gasteiger partial charge on any atom is 0.416 e. The van der Waals surface area contributed by atoms with E-state index in [0.29, 0.717) is 43.7 Å². The highest BCUT2D eigenvalue weighted by atomic mass is 19.4. The van der Waals surface area contributed by atoms with Crippen molar-refractivity contribution in [1.82, 2.24) is 10.1 Å². The third kappa shape index (κ3) is 3.81. The van der Waals surface area contributed by atoms with Crippen molar-refractivity contribution in [1.29, 1.82) is 0 Å². The van der Waals surface area contributed by atoms with Crippen LogP contribution in [0.15, 0.2) is 28.8 Å². The van der Waals surface area contributed by atoms with Crippen molar-refractivity contribution in [3.63, 3.8) is 0 Å². The van der Waals surface area contributed by atoms with E-state index >= 15 is 0 Å². The SMILES string of the molecule is OCC1(Cc2ccccc2C(F)(F)F)CCN(c2noc(C3CC3)n2)CC1. The lowest BCUT2D eigenvalue weighted by molar-refractivity contribution is -0.138. The number of halogens is 3. The van der Waals surface area contributed by atoms with Gasteiger partial charge in [-0.2, -0.15) is 18.2 Å². The van der Waals surface area contributed by atoms with Crippen LogP contribution in [0.2, 0.25) is 0 Å². The number of hydrogen-bond donors (Lipinski definition) is 1. The minimum atomic E-state index is -4.39. The first-order valence-electron chi connectivity index (χ1n) is 9.25. The zero-order valence-corrected chi connectivity index (χ0v) is 14.9. The van der Waals surface area contributed by atoms with Gasteiger partial charge in [-0.15, -0.1) is 0 Å². The predicted molar refractivity (Wildman–Crippen MR) is 92.4 cm³/mol. The molecule has 1 aliphatic carbocycles. The van der Waals surface area contributed by atoms with E-state index in [1.165, 1.54) is 12.1 Å². The summed E-state index contributed by atoms with van der Waals surface area (Å²) in [5.41, 5.74) is -0.948. The quantitative estimate of drug-likeness (QED) is 0.854. The van der Waals surface area contributed by atoms with Crippen molar-refractivity contribution in [3.05, 3.63) is 41.3 Å². The Morgan fingerprint density at radius 3 is 2.52 bits per heavy atom. The van der Waals surface area contributed by atoms with E-state index in [2.05, 4.69) is 10.1 Å². The molecule has 0 unspecified atom stereocenters. The van der Waals surface area contributed by atoms with Crippen molar-refractivity contribution in [2.24, 2.45) is 5.41 Å². The molecule has 1 aliphatic heterocycles. The highest BCUT2D eigenvalue weighted by molar-refractivity contribution is 5.33. The van der Waals surface area contributed by atoms with E-state index in [0.717, 1.165) is 18.9 Å². The van der Waals surface area contributed by atoms with Crippen LogP contribution >= 0.6 is 0 Å². The Balaban J connectivity index is 1.47. The summed E-state index contributed by atoms with van der Waals surface area (Å²) in [6.45, 7) is 1.02. The Morgan fingerprint density at radius 1 is 1.19 bits per heavy atom. The van der Waals surface area contributed by atoms with Crippen LogP contribution in [0.5, 0.6) is 0 Å². The molecule has 0 amide bonds. The number of alkyl halides is 3. The van der Waals surface area contributed by atoms with Crippen LogP contribution in [-0.2, 0) is 12.6 Å². The van der Waals surface area contributed by atoms with Crippen LogP contribution < -0.4 is 4.90 Å². The monoisotopic (exact) mass is 381 g/mol. The molecular formula is C19H22F3N3O2. The lowest BCUT2D eigenvalue weighted by atomic mass is 9.73. The Kier molecular flexibility index (Phi) is 4.61. The second-order valence-electron chi connectivity index (χ2n) is 7.68. The van der Waals surface area contributed by atoms with Gasteiger partial charge in [0, 0.05) is 31.0 Å². The normalized spacial score (nSPS) is 20.1. The second kappa shape index (κ2) is 6.82. The summed E-state index contributed by atoms with van der Waals surface area (Å²) in [5, 5.41) is 14.0.